The van der Waals surface area contributed by atoms with Crippen LogP contribution in [0.5, 0.6) is 5.75 Å². The van der Waals surface area contributed by atoms with E-state index in [0.29, 0.717) is 6.61 Å². The summed E-state index contributed by atoms with van der Waals surface area (Å²) in [5.41, 5.74) is 4.02. The van der Waals surface area contributed by atoms with Gasteiger partial charge in [0.2, 0.25) is 0 Å². The van der Waals surface area contributed by atoms with E-state index in [4.69, 9.17) is 9.57 Å². The molecule has 0 aliphatic heterocycles. The standard InChI is InChI=1S/C18H18N2O2/c1-13-7-6-8-14(2)18(13)22-12-15-9-4-5-10-16(15)17(11-19)20-21-3/h4-10H,12H2,1-3H3/b20-17-. The summed E-state index contributed by atoms with van der Waals surface area (Å²) in [4.78, 5) is 4.73. The predicted octanol–water partition coefficient (Wildman–Crippen LogP) is 3.76. The summed E-state index contributed by atoms with van der Waals surface area (Å²) in [6.45, 7) is 4.40. The van der Waals surface area contributed by atoms with Crippen molar-refractivity contribution in [2.75, 3.05) is 7.11 Å². The Morgan fingerprint density at radius 1 is 1.09 bits per heavy atom. The van der Waals surface area contributed by atoms with Gasteiger partial charge in [-0.25, -0.2) is 0 Å². The van der Waals surface area contributed by atoms with Crippen molar-refractivity contribution >= 4 is 5.71 Å². The Balaban J connectivity index is 2.28. The van der Waals surface area contributed by atoms with E-state index in [-0.39, 0.29) is 5.71 Å². The highest BCUT2D eigenvalue weighted by Crippen LogP contribution is 2.24. The van der Waals surface area contributed by atoms with Crippen molar-refractivity contribution in [2.24, 2.45) is 5.16 Å². The average molecular weight is 294 g/mol. The molecule has 0 heterocycles. The Morgan fingerprint density at radius 3 is 2.41 bits per heavy atom. The molecule has 22 heavy (non-hydrogen) atoms. The van der Waals surface area contributed by atoms with E-state index < -0.39 is 0 Å². The van der Waals surface area contributed by atoms with Crippen molar-refractivity contribution in [3.63, 3.8) is 0 Å². The molecule has 0 N–H and O–H groups in total. The second-order valence-corrected chi connectivity index (χ2v) is 4.90. The first-order valence-electron chi connectivity index (χ1n) is 6.96. The highest BCUT2D eigenvalue weighted by Gasteiger charge is 2.11. The fraction of sp³-hybridized carbons (Fsp3) is 0.222. The van der Waals surface area contributed by atoms with Crippen LogP contribution in [-0.2, 0) is 11.4 Å². The molecule has 2 rings (SSSR count). The lowest BCUT2D eigenvalue weighted by molar-refractivity contribution is 0.214. The van der Waals surface area contributed by atoms with E-state index in [9.17, 15) is 5.26 Å². The molecule has 4 nitrogen and oxygen atoms in total. The Kier molecular flexibility index (Phi) is 5.16. The van der Waals surface area contributed by atoms with Gasteiger partial charge in [-0.2, -0.15) is 5.26 Å². The van der Waals surface area contributed by atoms with E-state index in [0.717, 1.165) is 28.0 Å². The summed E-state index contributed by atoms with van der Waals surface area (Å²) in [6, 6.07) is 15.6. The van der Waals surface area contributed by atoms with Crippen LogP contribution in [0.2, 0.25) is 0 Å². The fourth-order valence-electron chi connectivity index (χ4n) is 2.28. The number of para-hydroxylation sites is 1. The molecule has 0 fully saturated rings. The van der Waals surface area contributed by atoms with Crippen LogP contribution in [0, 0.1) is 25.2 Å². The van der Waals surface area contributed by atoms with Crippen LogP contribution in [0.15, 0.2) is 47.6 Å². The third-order valence-electron chi connectivity index (χ3n) is 3.34. The summed E-state index contributed by atoms with van der Waals surface area (Å²) in [6.07, 6.45) is 0. The molecule has 0 spiro atoms. The maximum Gasteiger partial charge on any atom is 0.187 e. The molecule has 2 aromatic carbocycles. The monoisotopic (exact) mass is 294 g/mol. The average Bonchev–Trinajstić information content (AvgIpc) is 2.53. The minimum atomic E-state index is 0.239. The molecular formula is C18H18N2O2. The van der Waals surface area contributed by atoms with Gasteiger partial charge in [0.1, 0.15) is 25.5 Å². The van der Waals surface area contributed by atoms with Crippen molar-refractivity contribution in [1.82, 2.24) is 0 Å². The molecular weight excluding hydrogens is 276 g/mol. The first-order valence-corrected chi connectivity index (χ1v) is 6.96. The number of nitriles is 1. The van der Waals surface area contributed by atoms with Crippen molar-refractivity contribution in [1.29, 1.82) is 5.26 Å². The Morgan fingerprint density at radius 2 is 1.77 bits per heavy atom. The van der Waals surface area contributed by atoms with E-state index >= 15 is 0 Å². The third-order valence-corrected chi connectivity index (χ3v) is 3.34. The molecule has 0 amide bonds. The number of nitrogens with zero attached hydrogens (tertiary/aromatic N) is 2. The van der Waals surface area contributed by atoms with Gasteiger partial charge in [0.25, 0.3) is 0 Å². The van der Waals surface area contributed by atoms with E-state index in [1.165, 1.54) is 7.11 Å². The maximum atomic E-state index is 9.21. The topological polar surface area (TPSA) is 54.6 Å². The Bertz CT molecular complexity index is 710. The van der Waals surface area contributed by atoms with Gasteiger partial charge in [0.05, 0.1) is 0 Å². The summed E-state index contributed by atoms with van der Waals surface area (Å²) in [7, 11) is 1.42. The van der Waals surface area contributed by atoms with Crippen LogP contribution in [0.3, 0.4) is 0 Å². The van der Waals surface area contributed by atoms with Crippen molar-refractivity contribution in [2.45, 2.75) is 20.5 Å². The van der Waals surface area contributed by atoms with Gasteiger partial charge >= 0.3 is 0 Å². The molecule has 0 aliphatic carbocycles. The maximum absolute atomic E-state index is 9.21. The van der Waals surface area contributed by atoms with Gasteiger partial charge in [0.15, 0.2) is 5.71 Å². The summed E-state index contributed by atoms with van der Waals surface area (Å²) < 4.78 is 5.96. The van der Waals surface area contributed by atoms with Crippen LogP contribution in [-0.4, -0.2) is 12.8 Å². The fourth-order valence-corrected chi connectivity index (χ4v) is 2.28. The number of hydrogen-bond donors (Lipinski definition) is 0. The quantitative estimate of drug-likeness (QED) is 0.623. The largest absolute Gasteiger partial charge is 0.488 e. The van der Waals surface area contributed by atoms with Crippen molar-refractivity contribution in [3.05, 3.63) is 64.7 Å². The molecule has 0 saturated heterocycles. The molecule has 0 radical (unpaired) electrons. The molecule has 0 bridgehead atoms. The normalized spacial score (nSPS) is 10.9. The zero-order valence-corrected chi connectivity index (χ0v) is 13.0. The van der Waals surface area contributed by atoms with E-state index in [1.807, 2.05) is 56.3 Å². The molecule has 4 heteroatoms. The van der Waals surface area contributed by atoms with Crippen molar-refractivity contribution < 1.29 is 9.57 Å². The number of benzene rings is 2. The Hall–Kier alpha value is -2.80. The molecule has 2 aromatic rings. The second-order valence-electron chi connectivity index (χ2n) is 4.90. The molecule has 112 valence electrons. The van der Waals surface area contributed by atoms with Crippen LogP contribution in [0.1, 0.15) is 22.3 Å². The zero-order chi connectivity index (χ0) is 15.9. The first-order chi connectivity index (χ1) is 10.7. The minimum absolute atomic E-state index is 0.239. The number of ether oxygens (including phenoxy) is 1. The highest BCUT2D eigenvalue weighted by molar-refractivity contribution is 6.12. The predicted molar refractivity (Wildman–Crippen MR) is 85.8 cm³/mol. The second kappa shape index (κ2) is 7.28. The van der Waals surface area contributed by atoms with Crippen LogP contribution in [0.25, 0.3) is 0 Å². The molecule has 0 saturated carbocycles. The van der Waals surface area contributed by atoms with Gasteiger partial charge in [0, 0.05) is 5.56 Å². The van der Waals surface area contributed by atoms with Gasteiger partial charge in [-0.1, -0.05) is 47.6 Å². The third kappa shape index (κ3) is 3.44. The van der Waals surface area contributed by atoms with Crippen LogP contribution in [0.4, 0.5) is 0 Å². The van der Waals surface area contributed by atoms with Crippen LogP contribution >= 0.6 is 0 Å². The van der Waals surface area contributed by atoms with E-state index in [2.05, 4.69) is 11.2 Å². The van der Waals surface area contributed by atoms with Gasteiger partial charge in [-0.3, -0.25) is 0 Å². The summed E-state index contributed by atoms with van der Waals surface area (Å²) in [5.74, 6) is 0.875. The van der Waals surface area contributed by atoms with Gasteiger partial charge < -0.3 is 9.57 Å². The van der Waals surface area contributed by atoms with Crippen LogP contribution < -0.4 is 4.74 Å². The number of oxime groups is 1. The zero-order valence-electron chi connectivity index (χ0n) is 13.0. The lowest BCUT2D eigenvalue weighted by Crippen LogP contribution is -2.07. The molecule has 0 unspecified atom stereocenters. The number of hydrogen-bond acceptors (Lipinski definition) is 4. The molecule has 0 atom stereocenters. The first kappa shape index (κ1) is 15.6. The van der Waals surface area contributed by atoms with E-state index in [1.54, 1.807) is 0 Å². The molecule has 0 aromatic heterocycles. The Labute approximate surface area is 130 Å². The van der Waals surface area contributed by atoms with Crippen molar-refractivity contribution in [3.8, 4) is 11.8 Å². The van der Waals surface area contributed by atoms with Gasteiger partial charge in [-0.15, -0.1) is 0 Å². The number of aryl methyl sites for hydroxylation is 2. The SMILES string of the molecule is CO/N=C(/C#N)c1ccccc1COc1c(C)cccc1C. The summed E-state index contributed by atoms with van der Waals surface area (Å²) >= 11 is 0. The minimum Gasteiger partial charge on any atom is -0.488 e. The number of rotatable bonds is 5. The molecule has 0 aliphatic rings. The lowest BCUT2D eigenvalue weighted by atomic mass is 10.0. The lowest BCUT2D eigenvalue weighted by Gasteiger charge is -2.13. The smallest absolute Gasteiger partial charge is 0.187 e. The summed E-state index contributed by atoms with van der Waals surface area (Å²) in [5, 5.41) is 13.0. The van der Waals surface area contributed by atoms with Gasteiger partial charge in [-0.05, 0) is 30.5 Å². The highest BCUT2D eigenvalue weighted by atomic mass is 16.6.